The van der Waals surface area contributed by atoms with Crippen LogP contribution in [0.4, 0.5) is 0 Å². The van der Waals surface area contributed by atoms with Crippen molar-refractivity contribution in [2.75, 3.05) is 13.1 Å². The van der Waals surface area contributed by atoms with Crippen LogP contribution in [-0.2, 0) is 13.6 Å². The summed E-state index contributed by atoms with van der Waals surface area (Å²) < 4.78 is 7.17. The van der Waals surface area contributed by atoms with Crippen LogP contribution in [0.3, 0.4) is 0 Å². The number of hydrogen-bond acceptors (Lipinski definition) is 5. The molecule has 24 heavy (non-hydrogen) atoms. The second kappa shape index (κ2) is 6.05. The SMILES string of the molecule is C[C@H]1CN(Cc2ccnn2C)C[C@H]1NC(=O)c1cc(C2CC2)on1. The predicted molar refractivity (Wildman–Crippen MR) is 87.4 cm³/mol. The molecule has 2 fully saturated rings. The number of aryl methyl sites for hydroxylation is 1. The quantitative estimate of drug-likeness (QED) is 0.900. The summed E-state index contributed by atoms with van der Waals surface area (Å²) in [6, 6.07) is 3.96. The maximum absolute atomic E-state index is 12.4. The van der Waals surface area contributed by atoms with E-state index in [9.17, 15) is 4.79 Å². The van der Waals surface area contributed by atoms with Crippen molar-refractivity contribution in [2.45, 2.75) is 38.3 Å². The molecule has 0 bridgehead atoms. The Kier molecular flexibility index (Phi) is 3.88. The number of rotatable bonds is 5. The van der Waals surface area contributed by atoms with Crippen molar-refractivity contribution in [1.29, 1.82) is 0 Å². The summed E-state index contributed by atoms with van der Waals surface area (Å²) in [6.07, 6.45) is 4.09. The van der Waals surface area contributed by atoms with Crippen LogP contribution in [-0.4, -0.2) is 44.9 Å². The van der Waals surface area contributed by atoms with Crippen LogP contribution >= 0.6 is 0 Å². The summed E-state index contributed by atoms with van der Waals surface area (Å²) in [5.41, 5.74) is 1.58. The molecule has 1 aliphatic heterocycles. The van der Waals surface area contributed by atoms with Gasteiger partial charge in [0.15, 0.2) is 5.69 Å². The first-order valence-electron chi connectivity index (χ1n) is 8.57. The zero-order valence-electron chi connectivity index (χ0n) is 14.1. The first-order chi connectivity index (χ1) is 11.6. The summed E-state index contributed by atoms with van der Waals surface area (Å²) in [4.78, 5) is 14.8. The van der Waals surface area contributed by atoms with Gasteiger partial charge in [-0.2, -0.15) is 5.10 Å². The molecule has 2 aliphatic rings. The molecule has 7 heteroatoms. The van der Waals surface area contributed by atoms with E-state index in [-0.39, 0.29) is 11.9 Å². The molecule has 4 rings (SSSR count). The summed E-state index contributed by atoms with van der Waals surface area (Å²) in [5, 5.41) is 11.2. The normalized spacial score (nSPS) is 24.4. The highest BCUT2D eigenvalue weighted by Crippen LogP contribution is 2.40. The van der Waals surface area contributed by atoms with Crippen LogP contribution in [0.15, 0.2) is 22.9 Å². The summed E-state index contributed by atoms with van der Waals surface area (Å²) in [6.45, 7) is 4.82. The monoisotopic (exact) mass is 329 g/mol. The van der Waals surface area contributed by atoms with Gasteiger partial charge in [0.05, 0.1) is 5.69 Å². The van der Waals surface area contributed by atoms with Crippen molar-refractivity contribution in [3.05, 3.63) is 35.5 Å². The van der Waals surface area contributed by atoms with Crippen LogP contribution in [0.25, 0.3) is 0 Å². The van der Waals surface area contributed by atoms with Gasteiger partial charge in [0.25, 0.3) is 5.91 Å². The fraction of sp³-hybridized carbons (Fsp3) is 0.588. The van der Waals surface area contributed by atoms with E-state index >= 15 is 0 Å². The molecule has 7 nitrogen and oxygen atoms in total. The molecule has 1 aliphatic carbocycles. The molecule has 1 saturated heterocycles. The minimum atomic E-state index is -0.134. The number of carbonyl (C=O) groups excluding carboxylic acids is 1. The fourth-order valence-electron chi connectivity index (χ4n) is 3.37. The highest BCUT2D eigenvalue weighted by molar-refractivity contribution is 5.92. The molecular weight excluding hydrogens is 306 g/mol. The van der Waals surface area contributed by atoms with Gasteiger partial charge in [0.2, 0.25) is 0 Å². The van der Waals surface area contributed by atoms with Crippen molar-refractivity contribution < 1.29 is 9.32 Å². The molecule has 2 aromatic heterocycles. The number of nitrogens with zero attached hydrogens (tertiary/aromatic N) is 4. The van der Waals surface area contributed by atoms with Gasteiger partial charge < -0.3 is 9.84 Å². The molecule has 0 unspecified atom stereocenters. The molecular formula is C17H23N5O2. The van der Waals surface area contributed by atoms with Crippen LogP contribution < -0.4 is 5.32 Å². The first kappa shape index (κ1) is 15.4. The average Bonchev–Trinajstić information content (AvgIpc) is 2.98. The number of carbonyl (C=O) groups is 1. The zero-order valence-corrected chi connectivity index (χ0v) is 14.1. The van der Waals surface area contributed by atoms with Crippen molar-refractivity contribution in [2.24, 2.45) is 13.0 Å². The molecule has 3 heterocycles. The van der Waals surface area contributed by atoms with E-state index < -0.39 is 0 Å². The van der Waals surface area contributed by atoms with Crippen molar-refractivity contribution in [1.82, 2.24) is 25.2 Å². The van der Waals surface area contributed by atoms with Gasteiger partial charge in [-0.3, -0.25) is 14.4 Å². The Balaban J connectivity index is 1.35. The molecule has 1 amide bonds. The van der Waals surface area contributed by atoms with Gasteiger partial charge in [-0.15, -0.1) is 0 Å². The second-order valence-electron chi connectivity index (χ2n) is 7.09. The maximum Gasteiger partial charge on any atom is 0.273 e. The zero-order chi connectivity index (χ0) is 16.7. The lowest BCUT2D eigenvalue weighted by molar-refractivity contribution is 0.0922. The van der Waals surface area contributed by atoms with E-state index in [1.54, 1.807) is 6.07 Å². The van der Waals surface area contributed by atoms with Gasteiger partial charge in [0, 0.05) is 50.9 Å². The van der Waals surface area contributed by atoms with Crippen LogP contribution in [0, 0.1) is 5.92 Å². The van der Waals surface area contributed by atoms with E-state index in [1.165, 1.54) is 5.69 Å². The lowest BCUT2D eigenvalue weighted by atomic mass is 10.1. The van der Waals surface area contributed by atoms with Gasteiger partial charge in [-0.25, -0.2) is 0 Å². The van der Waals surface area contributed by atoms with Crippen molar-refractivity contribution >= 4 is 5.91 Å². The first-order valence-corrected chi connectivity index (χ1v) is 8.57. The molecule has 2 atom stereocenters. The molecule has 128 valence electrons. The Hall–Kier alpha value is -2.15. The Morgan fingerprint density at radius 3 is 2.96 bits per heavy atom. The molecule has 2 aromatic rings. The Morgan fingerprint density at radius 2 is 2.25 bits per heavy atom. The molecule has 0 spiro atoms. The lowest BCUT2D eigenvalue weighted by Crippen LogP contribution is -2.40. The highest BCUT2D eigenvalue weighted by Gasteiger charge is 2.33. The second-order valence-corrected chi connectivity index (χ2v) is 7.09. The van der Waals surface area contributed by atoms with Crippen molar-refractivity contribution in [3.63, 3.8) is 0 Å². The van der Waals surface area contributed by atoms with Gasteiger partial charge in [-0.05, 0) is 24.8 Å². The number of likely N-dealkylation sites (tertiary alicyclic amines) is 1. The third-order valence-electron chi connectivity index (χ3n) is 5.05. The summed E-state index contributed by atoms with van der Waals surface area (Å²) >= 11 is 0. The van der Waals surface area contributed by atoms with Crippen molar-refractivity contribution in [3.8, 4) is 0 Å². The van der Waals surface area contributed by atoms with Gasteiger partial charge in [0.1, 0.15) is 5.76 Å². The minimum absolute atomic E-state index is 0.131. The molecule has 0 radical (unpaired) electrons. The largest absolute Gasteiger partial charge is 0.360 e. The Morgan fingerprint density at radius 1 is 1.42 bits per heavy atom. The van der Waals surface area contributed by atoms with Crippen LogP contribution in [0.2, 0.25) is 0 Å². The third kappa shape index (κ3) is 3.08. The summed E-state index contributed by atoms with van der Waals surface area (Å²) in [7, 11) is 1.95. The maximum atomic E-state index is 12.4. The Labute approximate surface area is 141 Å². The number of aromatic nitrogens is 3. The number of hydrogen-bond donors (Lipinski definition) is 1. The third-order valence-corrected chi connectivity index (χ3v) is 5.05. The number of amides is 1. The molecule has 1 saturated carbocycles. The smallest absolute Gasteiger partial charge is 0.273 e. The molecule has 1 N–H and O–H groups in total. The standard InChI is InChI=1S/C17H23N5O2/c1-11-8-22(9-13-5-6-18-21(13)2)10-15(11)19-17(23)14-7-16(24-20-14)12-3-4-12/h5-7,11-12,15H,3-4,8-10H2,1-2H3,(H,19,23)/t11-,15+/m0/s1. The van der Waals surface area contributed by atoms with E-state index in [2.05, 4.69) is 27.4 Å². The van der Waals surface area contributed by atoms with Gasteiger partial charge in [-0.1, -0.05) is 12.1 Å². The number of nitrogens with one attached hydrogen (secondary N) is 1. The van der Waals surface area contributed by atoms with E-state index in [1.807, 2.05) is 24.0 Å². The molecule has 0 aromatic carbocycles. The minimum Gasteiger partial charge on any atom is -0.360 e. The highest BCUT2D eigenvalue weighted by atomic mass is 16.5. The fourth-order valence-corrected chi connectivity index (χ4v) is 3.37. The van der Waals surface area contributed by atoms with E-state index in [0.717, 1.165) is 38.2 Å². The van der Waals surface area contributed by atoms with Crippen LogP contribution in [0.5, 0.6) is 0 Å². The Bertz CT molecular complexity index is 733. The summed E-state index contributed by atoms with van der Waals surface area (Å²) in [5.74, 6) is 1.58. The predicted octanol–water partition coefficient (Wildman–Crippen LogP) is 1.54. The average molecular weight is 329 g/mol. The lowest BCUT2D eigenvalue weighted by Gasteiger charge is -2.16. The topological polar surface area (TPSA) is 76.2 Å². The van der Waals surface area contributed by atoms with Crippen LogP contribution in [0.1, 0.15) is 47.6 Å². The van der Waals surface area contributed by atoms with E-state index in [4.69, 9.17) is 4.52 Å². The van der Waals surface area contributed by atoms with Gasteiger partial charge >= 0.3 is 0 Å². The van der Waals surface area contributed by atoms with E-state index in [0.29, 0.717) is 17.5 Å².